The van der Waals surface area contributed by atoms with Crippen molar-refractivity contribution >= 4 is 11.9 Å². The number of hydrogen-bond donors (Lipinski definition) is 0. The van der Waals surface area contributed by atoms with Crippen LogP contribution in [0.15, 0.2) is 0 Å². The normalized spacial score (nSPS) is 11.6. The van der Waals surface area contributed by atoms with Crippen molar-refractivity contribution in [3.63, 3.8) is 0 Å². The lowest BCUT2D eigenvalue weighted by Crippen LogP contribution is -2.18. The summed E-state index contributed by atoms with van der Waals surface area (Å²) in [6.45, 7) is 12.5. The smallest absolute Gasteiger partial charge is 0.308 e. The van der Waals surface area contributed by atoms with Crippen molar-refractivity contribution in [3.05, 3.63) is 0 Å². The molecule has 53 heavy (non-hydrogen) atoms. The number of carbonyl (C=O) groups is 2. The molecule has 0 heterocycles. The lowest BCUT2D eigenvalue weighted by molar-refractivity contribution is -0.149. The minimum Gasteiger partial charge on any atom is -0.466 e. The highest BCUT2D eigenvalue weighted by atomic mass is 16.5. The molecule has 318 valence electrons. The molecule has 1 atom stereocenters. The Bertz CT molecular complexity index is 692. The molecule has 0 aliphatic heterocycles. The molecule has 0 fully saturated rings. The van der Waals surface area contributed by atoms with Crippen molar-refractivity contribution in [3.8, 4) is 0 Å². The molecule has 1 unspecified atom stereocenters. The lowest BCUT2D eigenvalue weighted by atomic mass is 9.94. The first kappa shape index (κ1) is 54.0. The van der Waals surface area contributed by atoms with Gasteiger partial charge in [-0.25, -0.2) is 0 Å². The predicted octanol–water partition coefficient (Wildman–Crippen LogP) is 17.0. The van der Waals surface area contributed by atoms with Gasteiger partial charge in [0.05, 0.1) is 19.1 Å². The van der Waals surface area contributed by atoms with E-state index in [1.807, 2.05) is 0 Å². The SMILES string of the molecule is CCCCCCCCCCCC(=O)OCCCCCCCCC.CCCCCCCCCCOC(=O)C(CCCCCC)CCCCCCCCCC. The second-order valence-electron chi connectivity index (χ2n) is 16.4. The van der Waals surface area contributed by atoms with E-state index in [1.54, 1.807) is 0 Å². The van der Waals surface area contributed by atoms with Crippen LogP contribution in [0.3, 0.4) is 0 Å². The summed E-state index contributed by atoms with van der Waals surface area (Å²) in [7, 11) is 0. The van der Waals surface area contributed by atoms with Crippen LogP contribution in [0.5, 0.6) is 0 Å². The molecule has 0 N–H and O–H groups in total. The maximum absolute atomic E-state index is 12.6. The Hall–Kier alpha value is -1.06. The van der Waals surface area contributed by atoms with E-state index in [0.29, 0.717) is 19.6 Å². The molecular formula is C49H98O4. The Morgan fingerprint density at radius 3 is 0.943 bits per heavy atom. The zero-order valence-corrected chi connectivity index (χ0v) is 37.2. The van der Waals surface area contributed by atoms with Gasteiger partial charge in [-0.1, -0.05) is 247 Å². The van der Waals surface area contributed by atoms with Crippen LogP contribution in [0, 0.1) is 5.92 Å². The second kappa shape index (κ2) is 49.0. The minimum atomic E-state index is 0.0129. The van der Waals surface area contributed by atoms with Gasteiger partial charge in [-0.15, -0.1) is 0 Å². The Morgan fingerprint density at radius 1 is 0.321 bits per heavy atom. The van der Waals surface area contributed by atoms with Crippen LogP contribution in [0.4, 0.5) is 0 Å². The van der Waals surface area contributed by atoms with E-state index in [4.69, 9.17) is 9.47 Å². The maximum atomic E-state index is 12.6. The predicted molar refractivity (Wildman–Crippen MR) is 234 cm³/mol. The van der Waals surface area contributed by atoms with Crippen LogP contribution < -0.4 is 0 Å². The number of rotatable bonds is 42. The van der Waals surface area contributed by atoms with Crippen LogP contribution >= 0.6 is 0 Å². The topological polar surface area (TPSA) is 52.6 Å². The Kier molecular flexibility index (Phi) is 49.9. The molecule has 0 saturated carbocycles. The highest BCUT2D eigenvalue weighted by Gasteiger charge is 2.19. The molecular weight excluding hydrogens is 653 g/mol. The summed E-state index contributed by atoms with van der Waals surface area (Å²) in [5.74, 6) is 0.257. The third kappa shape index (κ3) is 47.0. The van der Waals surface area contributed by atoms with Gasteiger partial charge >= 0.3 is 11.9 Å². The monoisotopic (exact) mass is 751 g/mol. The van der Waals surface area contributed by atoms with E-state index < -0.39 is 0 Å². The molecule has 0 bridgehead atoms. The highest BCUT2D eigenvalue weighted by Crippen LogP contribution is 2.21. The van der Waals surface area contributed by atoms with Crippen molar-refractivity contribution in [2.75, 3.05) is 13.2 Å². The third-order valence-electron chi connectivity index (χ3n) is 10.9. The maximum Gasteiger partial charge on any atom is 0.308 e. The number of hydrogen-bond acceptors (Lipinski definition) is 4. The summed E-state index contributed by atoms with van der Waals surface area (Å²) in [6, 6.07) is 0. The van der Waals surface area contributed by atoms with Gasteiger partial charge in [0.2, 0.25) is 0 Å². The third-order valence-corrected chi connectivity index (χ3v) is 10.9. The highest BCUT2D eigenvalue weighted by molar-refractivity contribution is 5.72. The number of unbranched alkanes of at least 4 members (excludes halogenated alkanes) is 31. The summed E-state index contributed by atoms with van der Waals surface area (Å²) < 4.78 is 11.0. The van der Waals surface area contributed by atoms with Gasteiger partial charge in [0.25, 0.3) is 0 Å². The molecule has 0 aromatic rings. The summed E-state index contributed by atoms with van der Waals surface area (Å²) in [5, 5.41) is 0. The standard InChI is InChI=1S/C28H56O2.C21H42O2/c1-4-7-10-13-15-17-19-22-25-27(24-21-12-9-6-3)28(29)30-26-23-20-18-16-14-11-8-5-2;1-3-5-7-9-11-12-13-15-17-19-21(22)23-20-18-16-14-10-8-6-4-2/h27H,4-26H2,1-3H3;3-20H2,1-2H3. The molecule has 0 rings (SSSR count). The first-order chi connectivity index (χ1) is 26.1. The molecule has 0 amide bonds. The fourth-order valence-electron chi connectivity index (χ4n) is 7.15. The fourth-order valence-corrected chi connectivity index (χ4v) is 7.15. The molecule has 0 aromatic heterocycles. The Balaban J connectivity index is 0. The van der Waals surface area contributed by atoms with Gasteiger partial charge in [-0.2, -0.15) is 0 Å². The van der Waals surface area contributed by atoms with Gasteiger partial charge in [0, 0.05) is 6.42 Å². The van der Waals surface area contributed by atoms with E-state index in [9.17, 15) is 9.59 Å². The quantitative estimate of drug-likeness (QED) is 0.0460. The van der Waals surface area contributed by atoms with Gasteiger partial charge in [0.1, 0.15) is 0 Å². The summed E-state index contributed by atoms with van der Waals surface area (Å²) in [4.78, 5) is 24.2. The van der Waals surface area contributed by atoms with E-state index in [1.165, 1.54) is 212 Å². The number of carbonyl (C=O) groups excluding carboxylic acids is 2. The van der Waals surface area contributed by atoms with Crippen LogP contribution in [0.25, 0.3) is 0 Å². The lowest BCUT2D eigenvalue weighted by Gasteiger charge is -2.16. The molecule has 0 aromatic carbocycles. The van der Waals surface area contributed by atoms with Gasteiger partial charge < -0.3 is 9.47 Å². The van der Waals surface area contributed by atoms with E-state index in [-0.39, 0.29) is 17.9 Å². The average molecular weight is 751 g/mol. The van der Waals surface area contributed by atoms with Gasteiger partial charge in [-0.3, -0.25) is 9.59 Å². The molecule has 4 heteroatoms. The minimum absolute atomic E-state index is 0.0129. The Morgan fingerprint density at radius 2 is 0.585 bits per heavy atom. The van der Waals surface area contributed by atoms with Gasteiger partial charge in [-0.05, 0) is 32.1 Å². The average Bonchev–Trinajstić information content (AvgIpc) is 3.16. The van der Waals surface area contributed by atoms with E-state index >= 15 is 0 Å². The fraction of sp³-hybridized carbons (Fsp3) is 0.959. The molecule has 0 spiro atoms. The van der Waals surface area contributed by atoms with Crippen molar-refractivity contribution in [2.45, 2.75) is 285 Å². The largest absolute Gasteiger partial charge is 0.466 e. The molecule has 0 aliphatic carbocycles. The molecule has 4 nitrogen and oxygen atoms in total. The van der Waals surface area contributed by atoms with Crippen LogP contribution in [-0.4, -0.2) is 25.2 Å². The van der Waals surface area contributed by atoms with Crippen molar-refractivity contribution in [1.82, 2.24) is 0 Å². The van der Waals surface area contributed by atoms with Crippen LogP contribution in [0.1, 0.15) is 285 Å². The zero-order chi connectivity index (χ0) is 39.1. The zero-order valence-electron chi connectivity index (χ0n) is 37.2. The van der Waals surface area contributed by atoms with E-state index in [0.717, 1.165) is 32.1 Å². The van der Waals surface area contributed by atoms with Crippen molar-refractivity contribution < 1.29 is 19.1 Å². The number of ether oxygens (including phenoxy) is 2. The summed E-state index contributed by atoms with van der Waals surface area (Å²) in [6.07, 6.45) is 49.1. The summed E-state index contributed by atoms with van der Waals surface area (Å²) >= 11 is 0. The molecule has 0 radical (unpaired) electrons. The van der Waals surface area contributed by atoms with Crippen LogP contribution in [-0.2, 0) is 19.1 Å². The van der Waals surface area contributed by atoms with Crippen LogP contribution in [0.2, 0.25) is 0 Å². The second-order valence-corrected chi connectivity index (χ2v) is 16.4. The Labute approximate surface area is 334 Å². The van der Waals surface area contributed by atoms with Crippen molar-refractivity contribution in [1.29, 1.82) is 0 Å². The van der Waals surface area contributed by atoms with E-state index in [2.05, 4.69) is 34.6 Å². The first-order valence-electron chi connectivity index (χ1n) is 24.4. The van der Waals surface area contributed by atoms with Crippen molar-refractivity contribution in [2.24, 2.45) is 5.92 Å². The molecule has 0 saturated heterocycles. The molecule has 0 aliphatic rings. The summed E-state index contributed by atoms with van der Waals surface area (Å²) in [5.41, 5.74) is 0. The van der Waals surface area contributed by atoms with Gasteiger partial charge in [0.15, 0.2) is 0 Å². The first-order valence-corrected chi connectivity index (χ1v) is 24.4. The number of esters is 2.